The summed E-state index contributed by atoms with van der Waals surface area (Å²) in [7, 11) is 0. The van der Waals surface area contributed by atoms with Crippen molar-refractivity contribution in [3.8, 4) is 11.8 Å². The lowest BCUT2D eigenvalue weighted by Crippen LogP contribution is -2.41. The van der Waals surface area contributed by atoms with Gasteiger partial charge in [0.25, 0.3) is 0 Å². The predicted molar refractivity (Wildman–Crippen MR) is 95.7 cm³/mol. The van der Waals surface area contributed by atoms with E-state index < -0.39 is 5.60 Å². The van der Waals surface area contributed by atoms with Gasteiger partial charge in [-0.05, 0) is 51.7 Å². The summed E-state index contributed by atoms with van der Waals surface area (Å²) in [5, 5.41) is 0.332. The Balaban J connectivity index is 2.04. The molecule has 2 N–H and O–H groups in total. The zero-order valence-corrected chi connectivity index (χ0v) is 15.2. The van der Waals surface area contributed by atoms with E-state index in [-0.39, 0.29) is 11.9 Å². The van der Waals surface area contributed by atoms with Crippen LogP contribution in [0.15, 0.2) is 12.1 Å². The second kappa shape index (κ2) is 7.76. The summed E-state index contributed by atoms with van der Waals surface area (Å²) in [6, 6.07) is 3.36. The summed E-state index contributed by atoms with van der Waals surface area (Å²) in [6.07, 6.45) is 3.21. The Bertz CT molecular complexity index is 654. The monoisotopic (exact) mass is 349 g/mol. The molecule has 0 saturated heterocycles. The number of carbonyl (C=O) groups is 1. The van der Waals surface area contributed by atoms with Crippen LogP contribution < -0.4 is 5.73 Å². The molecule has 6 heteroatoms. The highest BCUT2D eigenvalue weighted by molar-refractivity contribution is 6.29. The normalized spacial score (nSPS) is 14.3. The molecule has 0 radical (unpaired) electrons. The van der Waals surface area contributed by atoms with Crippen LogP contribution in [0.5, 0.6) is 0 Å². The lowest BCUT2D eigenvalue weighted by atomic mass is 9.85. The SMILES string of the molecule is CC(C)(C)OC(=O)N(CC#Cc1ccc(Cl)nc1N)CC1CCC1. The molecule has 0 spiro atoms. The Hall–Kier alpha value is -1.93. The van der Waals surface area contributed by atoms with Gasteiger partial charge in [-0.1, -0.05) is 29.9 Å². The molecule has 0 atom stereocenters. The van der Waals surface area contributed by atoms with E-state index in [9.17, 15) is 4.79 Å². The number of hydrogen-bond donors (Lipinski definition) is 1. The Morgan fingerprint density at radius 2 is 2.17 bits per heavy atom. The molecule has 0 bridgehead atoms. The van der Waals surface area contributed by atoms with E-state index in [2.05, 4.69) is 16.8 Å². The molecule has 130 valence electrons. The van der Waals surface area contributed by atoms with E-state index in [1.54, 1.807) is 17.0 Å². The summed E-state index contributed by atoms with van der Waals surface area (Å²) in [4.78, 5) is 18.0. The van der Waals surface area contributed by atoms with Crippen molar-refractivity contribution in [1.29, 1.82) is 0 Å². The third-order valence-corrected chi connectivity index (χ3v) is 3.95. The molecule has 2 rings (SSSR count). The quantitative estimate of drug-likeness (QED) is 0.667. The zero-order valence-electron chi connectivity index (χ0n) is 14.4. The lowest BCUT2D eigenvalue weighted by Gasteiger charge is -2.32. The minimum atomic E-state index is -0.521. The fourth-order valence-electron chi connectivity index (χ4n) is 2.30. The molecule has 24 heavy (non-hydrogen) atoms. The molecule has 1 heterocycles. The number of nitrogens with two attached hydrogens (primary N) is 1. The first kappa shape index (κ1) is 18.4. The molecule has 0 aromatic carbocycles. The molecule has 1 amide bonds. The van der Waals surface area contributed by atoms with Crippen molar-refractivity contribution < 1.29 is 9.53 Å². The molecule has 1 aliphatic rings. The van der Waals surface area contributed by atoms with Crippen molar-refractivity contribution in [2.45, 2.75) is 45.6 Å². The summed E-state index contributed by atoms with van der Waals surface area (Å²) < 4.78 is 5.48. The number of nitrogens with zero attached hydrogens (tertiary/aromatic N) is 2. The number of amides is 1. The molecule has 1 aromatic heterocycles. The van der Waals surface area contributed by atoms with Gasteiger partial charge in [0, 0.05) is 6.54 Å². The Labute approximate surface area is 148 Å². The van der Waals surface area contributed by atoms with E-state index >= 15 is 0 Å². The fourth-order valence-corrected chi connectivity index (χ4v) is 2.46. The third-order valence-electron chi connectivity index (χ3n) is 3.74. The molecule has 0 aliphatic heterocycles. The summed E-state index contributed by atoms with van der Waals surface area (Å²) in [5.41, 5.74) is 5.87. The standard InChI is InChI=1S/C18H24ClN3O2/c1-18(2,3)24-17(23)22(12-13-6-4-7-13)11-5-8-14-9-10-15(19)21-16(14)20/h9-10,13H,4,6-7,11-12H2,1-3H3,(H2,20,21). The van der Waals surface area contributed by atoms with E-state index in [4.69, 9.17) is 22.1 Å². The van der Waals surface area contributed by atoms with Crippen LogP contribution in [0.3, 0.4) is 0 Å². The van der Waals surface area contributed by atoms with Crippen LogP contribution in [0.1, 0.15) is 45.6 Å². The number of carbonyl (C=O) groups excluding carboxylic acids is 1. The summed E-state index contributed by atoms with van der Waals surface area (Å²) in [5.74, 6) is 6.78. The Morgan fingerprint density at radius 3 is 2.71 bits per heavy atom. The van der Waals surface area contributed by atoms with E-state index in [1.807, 2.05) is 20.8 Å². The van der Waals surface area contributed by atoms with Gasteiger partial charge in [0.1, 0.15) is 16.6 Å². The lowest BCUT2D eigenvalue weighted by molar-refractivity contribution is 0.0221. The van der Waals surface area contributed by atoms with Crippen molar-refractivity contribution in [3.05, 3.63) is 22.8 Å². The highest BCUT2D eigenvalue weighted by Crippen LogP contribution is 2.27. The number of halogens is 1. The number of pyridine rings is 1. The first-order valence-corrected chi connectivity index (χ1v) is 8.51. The van der Waals surface area contributed by atoms with Crippen LogP contribution in [0, 0.1) is 17.8 Å². The molecule has 1 aromatic rings. The molecular weight excluding hydrogens is 326 g/mol. The second-order valence-electron chi connectivity index (χ2n) is 7.03. The fraction of sp³-hybridized carbons (Fsp3) is 0.556. The van der Waals surface area contributed by atoms with Gasteiger partial charge < -0.3 is 10.5 Å². The first-order chi connectivity index (χ1) is 11.2. The van der Waals surface area contributed by atoms with Gasteiger partial charge in [0.15, 0.2) is 0 Å². The van der Waals surface area contributed by atoms with Gasteiger partial charge in [0.2, 0.25) is 0 Å². The average molecular weight is 350 g/mol. The third kappa shape index (κ3) is 5.61. The van der Waals surface area contributed by atoms with Gasteiger partial charge >= 0.3 is 6.09 Å². The maximum atomic E-state index is 12.4. The number of rotatable bonds is 3. The second-order valence-corrected chi connectivity index (χ2v) is 7.41. The van der Waals surface area contributed by atoms with Crippen LogP contribution in [0.2, 0.25) is 5.15 Å². The van der Waals surface area contributed by atoms with Crippen molar-refractivity contribution in [3.63, 3.8) is 0 Å². The van der Waals surface area contributed by atoms with Crippen LogP contribution in [0.4, 0.5) is 10.6 Å². The smallest absolute Gasteiger partial charge is 0.411 e. The average Bonchev–Trinajstić information content (AvgIpc) is 2.40. The molecule has 5 nitrogen and oxygen atoms in total. The van der Waals surface area contributed by atoms with Crippen molar-refractivity contribution in [2.24, 2.45) is 5.92 Å². The number of nitrogen functional groups attached to an aromatic ring is 1. The van der Waals surface area contributed by atoms with Gasteiger partial charge in [0.05, 0.1) is 12.1 Å². The molecular formula is C18H24ClN3O2. The maximum absolute atomic E-state index is 12.4. The summed E-state index contributed by atoms with van der Waals surface area (Å²) >= 11 is 5.78. The number of anilines is 1. The van der Waals surface area contributed by atoms with E-state index in [0.29, 0.717) is 29.7 Å². The van der Waals surface area contributed by atoms with Crippen molar-refractivity contribution in [2.75, 3.05) is 18.8 Å². The molecule has 1 aliphatic carbocycles. The first-order valence-electron chi connectivity index (χ1n) is 8.13. The van der Waals surface area contributed by atoms with Gasteiger partial charge in [-0.25, -0.2) is 9.78 Å². The van der Waals surface area contributed by atoms with Gasteiger partial charge in [-0.2, -0.15) is 0 Å². The van der Waals surface area contributed by atoms with Crippen LogP contribution in [-0.2, 0) is 4.74 Å². The van der Waals surface area contributed by atoms with Crippen molar-refractivity contribution in [1.82, 2.24) is 9.88 Å². The van der Waals surface area contributed by atoms with Crippen LogP contribution in [-0.4, -0.2) is 34.7 Å². The maximum Gasteiger partial charge on any atom is 0.411 e. The largest absolute Gasteiger partial charge is 0.444 e. The number of aromatic nitrogens is 1. The Morgan fingerprint density at radius 1 is 1.46 bits per heavy atom. The zero-order chi connectivity index (χ0) is 17.7. The number of ether oxygens (including phenoxy) is 1. The van der Waals surface area contributed by atoms with Gasteiger partial charge in [-0.15, -0.1) is 0 Å². The topological polar surface area (TPSA) is 68.5 Å². The van der Waals surface area contributed by atoms with E-state index in [0.717, 1.165) is 12.8 Å². The Kier molecular flexibility index (Phi) is 5.95. The predicted octanol–water partition coefficient (Wildman–Crippen LogP) is 3.71. The minimum absolute atomic E-state index is 0.290. The van der Waals surface area contributed by atoms with Crippen molar-refractivity contribution >= 4 is 23.5 Å². The van der Waals surface area contributed by atoms with Gasteiger partial charge in [-0.3, -0.25) is 4.90 Å². The molecule has 1 fully saturated rings. The minimum Gasteiger partial charge on any atom is -0.444 e. The van der Waals surface area contributed by atoms with E-state index in [1.165, 1.54) is 6.42 Å². The number of hydrogen-bond acceptors (Lipinski definition) is 4. The van der Waals surface area contributed by atoms with Crippen LogP contribution in [0.25, 0.3) is 0 Å². The molecule has 1 saturated carbocycles. The highest BCUT2D eigenvalue weighted by Gasteiger charge is 2.26. The summed E-state index contributed by atoms with van der Waals surface area (Å²) in [6.45, 7) is 6.56. The molecule has 0 unspecified atom stereocenters. The highest BCUT2D eigenvalue weighted by atomic mass is 35.5. The van der Waals surface area contributed by atoms with Crippen LogP contribution >= 0.6 is 11.6 Å².